The van der Waals surface area contributed by atoms with Crippen molar-refractivity contribution in [3.63, 3.8) is 0 Å². The number of hydrogen-bond donors (Lipinski definition) is 0. The quantitative estimate of drug-likeness (QED) is 0.177. The van der Waals surface area contributed by atoms with Gasteiger partial charge >= 0.3 is 0 Å². The maximum Gasteiger partial charge on any atom is 0.170 e. The average Bonchev–Trinajstić information content (AvgIpc) is 4.02. The van der Waals surface area contributed by atoms with Gasteiger partial charge in [0.2, 0.25) is 0 Å². The van der Waals surface area contributed by atoms with Crippen LogP contribution in [0.1, 0.15) is 0 Å². The predicted octanol–water partition coefficient (Wildman–Crippen LogP) is 15.7. The molecule has 0 aliphatic rings. The van der Waals surface area contributed by atoms with Crippen LogP contribution in [0.3, 0.4) is 0 Å². The Bertz CT molecular complexity index is 4230. The van der Waals surface area contributed by atoms with Crippen LogP contribution >= 0.6 is 11.3 Å². The molecule has 0 radical (unpaired) electrons. The van der Waals surface area contributed by atoms with Crippen LogP contribution in [0.15, 0.2) is 199 Å². The molecule has 4 heterocycles. The lowest BCUT2D eigenvalue weighted by Gasteiger charge is -2.16. The summed E-state index contributed by atoms with van der Waals surface area (Å²) in [5.74, 6) is 1.74. The van der Waals surface area contributed by atoms with Crippen molar-refractivity contribution in [1.29, 1.82) is 0 Å². The molecule has 0 bridgehead atoms. The van der Waals surface area contributed by atoms with Crippen LogP contribution in [-0.2, 0) is 0 Å². The molecule has 4 aromatic heterocycles. The van der Waals surface area contributed by atoms with E-state index >= 15 is 0 Å². The van der Waals surface area contributed by atoms with Gasteiger partial charge in [-0.15, -0.1) is 11.3 Å². The fraction of sp³-hybridized carbons (Fsp3) is 0. The molecule has 10 aromatic carbocycles. The molecule has 0 unspecified atom stereocenters. The number of nitrogens with zero attached hydrogens (tertiary/aromatic N) is 4. The van der Waals surface area contributed by atoms with Gasteiger partial charge in [0.1, 0.15) is 11.2 Å². The lowest BCUT2D eigenvalue weighted by atomic mass is 10.0. The fourth-order valence-electron chi connectivity index (χ4n) is 9.94. The lowest BCUT2D eigenvalue weighted by Crippen LogP contribution is -2.04. The second-order valence-corrected chi connectivity index (χ2v) is 17.4. The van der Waals surface area contributed by atoms with Crippen molar-refractivity contribution < 1.29 is 4.42 Å². The number of fused-ring (bicyclic) bond motifs is 13. The van der Waals surface area contributed by atoms with Crippen LogP contribution in [0.4, 0.5) is 0 Å². The molecule has 6 heteroatoms. The molecule has 0 N–H and O–H groups in total. The van der Waals surface area contributed by atoms with Gasteiger partial charge in [-0.2, -0.15) is 0 Å². The Morgan fingerprint density at radius 1 is 0.397 bits per heavy atom. The highest BCUT2D eigenvalue weighted by atomic mass is 32.1. The molecule has 0 saturated heterocycles. The van der Waals surface area contributed by atoms with Gasteiger partial charge in [-0.3, -0.25) is 0 Å². The summed E-state index contributed by atoms with van der Waals surface area (Å²) in [6.45, 7) is 0. The number of aromatic nitrogens is 4. The molecule has 0 fully saturated rings. The standard InChI is InChI=1S/C57H32N4OS/c1-2-14-35-30-38(25-24-33(35)12-1)55-58-56(43-20-11-23-50-52(43)42-19-8-10-22-49(42)63-50)60-57(59-55)53-46(29-27-41-40-18-7-9-21-48(40)62-54(41)53)61-45-28-26-34-13-5-6-17-39(34)51(45)44-31-36-15-3-4-16-37(36)32-47(44)61/h1-32H. The van der Waals surface area contributed by atoms with Crippen LogP contribution in [-0.4, -0.2) is 19.5 Å². The van der Waals surface area contributed by atoms with Crippen molar-refractivity contribution >= 4 is 108 Å². The van der Waals surface area contributed by atoms with E-state index in [1.807, 2.05) is 12.1 Å². The van der Waals surface area contributed by atoms with Crippen LogP contribution in [0.5, 0.6) is 0 Å². The molecule has 0 aliphatic carbocycles. The zero-order valence-corrected chi connectivity index (χ0v) is 34.4. The fourth-order valence-corrected chi connectivity index (χ4v) is 11.1. The van der Waals surface area contributed by atoms with Gasteiger partial charge in [0.05, 0.1) is 22.3 Å². The predicted molar refractivity (Wildman–Crippen MR) is 263 cm³/mol. The number of benzene rings is 10. The summed E-state index contributed by atoms with van der Waals surface area (Å²) in [5.41, 5.74) is 7.32. The van der Waals surface area contributed by atoms with E-state index in [4.69, 9.17) is 19.4 Å². The number of para-hydroxylation sites is 1. The smallest absolute Gasteiger partial charge is 0.170 e. The summed E-state index contributed by atoms with van der Waals surface area (Å²) in [6, 6.07) is 69.1. The molecule has 14 rings (SSSR count). The van der Waals surface area contributed by atoms with Gasteiger partial charge in [0.25, 0.3) is 0 Å². The highest BCUT2D eigenvalue weighted by molar-refractivity contribution is 7.25. The Labute approximate surface area is 363 Å². The van der Waals surface area contributed by atoms with E-state index in [9.17, 15) is 0 Å². The normalized spacial score (nSPS) is 12.1. The summed E-state index contributed by atoms with van der Waals surface area (Å²) < 4.78 is 11.8. The summed E-state index contributed by atoms with van der Waals surface area (Å²) in [5, 5.41) is 13.8. The molecule has 63 heavy (non-hydrogen) atoms. The first-order chi connectivity index (χ1) is 31.2. The summed E-state index contributed by atoms with van der Waals surface area (Å²) in [4.78, 5) is 16.4. The zero-order valence-electron chi connectivity index (χ0n) is 33.6. The number of rotatable bonds is 4. The molecule has 5 nitrogen and oxygen atoms in total. The Morgan fingerprint density at radius 2 is 1.06 bits per heavy atom. The number of hydrogen-bond acceptors (Lipinski definition) is 5. The van der Waals surface area contributed by atoms with E-state index in [0.717, 1.165) is 71.5 Å². The maximum atomic E-state index is 6.99. The second-order valence-electron chi connectivity index (χ2n) is 16.3. The minimum Gasteiger partial charge on any atom is -0.455 e. The minimum absolute atomic E-state index is 0.538. The van der Waals surface area contributed by atoms with E-state index in [2.05, 4.69) is 187 Å². The summed E-state index contributed by atoms with van der Waals surface area (Å²) >= 11 is 1.79. The summed E-state index contributed by atoms with van der Waals surface area (Å²) in [7, 11) is 0. The third kappa shape index (κ3) is 5.13. The van der Waals surface area contributed by atoms with Crippen LogP contribution in [0.25, 0.3) is 136 Å². The summed E-state index contributed by atoms with van der Waals surface area (Å²) in [6.07, 6.45) is 0. The van der Waals surface area contributed by atoms with Crippen molar-refractivity contribution in [2.24, 2.45) is 0 Å². The first kappa shape index (κ1) is 34.5. The Morgan fingerprint density at radius 3 is 1.94 bits per heavy atom. The SMILES string of the molecule is c1ccc2cc(-c3nc(-c4c(-n5c6cc7ccccc7cc6c6c7ccccc7ccc65)ccc5c4oc4ccccc45)nc(-c4cccc5sc6ccccc6c45)n3)ccc2c1. The van der Waals surface area contributed by atoms with Crippen molar-refractivity contribution in [3.05, 3.63) is 194 Å². The number of thiophene rings is 1. The van der Waals surface area contributed by atoms with E-state index < -0.39 is 0 Å². The van der Waals surface area contributed by atoms with E-state index in [0.29, 0.717) is 17.5 Å². The zero-order chi connectivity index (χ0) is 41.2. The van der Waals surface area contributed by atoms with Crippen molar-refractivity contribution in [2.75, 3.05) is 0 Å². The van der Waals surface area contributed by atoms with Crippen LogP contribution < -0.4 is 0 Å². The van der Waals surface area contributed by atoms with Crippen LogP contribution in [0.2, 0.25) is 0 Å². The molecular weight excluding hydrogens is 789 g/mol. The van der Waals surface area contributed by atoms with Gasteiger partial charge in [-0.1, -0.05) is 140 Å². The molecule has 0 amide bonds. The highest BCUT2D eigenvalue weighted by Gasteiger charge is 2.26. The van der Waals surface area contributed by atoms with Gasteiger partial charge in [-0.25, -0.2) is 15.0 Å². The van der Waals surface area contributed by atoms with Gasteiger partial charge in [-0.05, 0) is 86.9 Å². The highest BCUT2D eigenvalue weighted by Crippen LogP contribution is 2.46. The molecule has 0 spiro atoms. The first-order valence-corrected chi connectivity index (χ1v) is 22.0. The topological polar surface area (TPSA) is 56.7 Å². The van der Waals surface area contributed by atoms with Crippen molar-refractivity contribution in [2.45, 2.75) is 0 Å². The molecule has 0 aliphatic heterocycles. The first-order valence-electron chi connectivity index (χ1n) is 21.2. The van der Waals surface area contributed by atoms with E-state index in [-0.39, 0.29) is 0 Å². The molecule has 14 aromatic rings. The molecule has 0 saturated carbocycles. The lowest BCUT2D eigenvalue weighted by molar-refractivity contribution is 0.669. The largest absolute Gasteiger partial charge is 0.455 e. The molecular formula is C57H32N4OS. The van der Waals surface area contributed by atoms with Crippen molar-refractivity contribution in [3.8, 4) is 39.9 Å². The molecule has 0 atom stereocenters. The Balaban J connectivity index is 1.15. The average molecular weight is 821 g/mol. The number of furan rings is 1. The monoisotopic (exact) mass is 820 g/mol. The third-order valence-electron chi connectivity index (χ3n) is 12.8. The van der Waals surface area contributed by atoms with E-state index in [1.54, 1.807) is 11.3 Å². The maximum absolute atomic E-state index is 6.99. The van der Waals surface area contributed by atoms with Gasteiger partial charge < -0.3 is 8.98 Å². The second kappa shape index (κ2) is 13.2. The Hall–Kier alpha value is -8.19. The van der Waals surface area contributed by atoms with Gasteiger partial charge in [0.15, 0.2) is 17.5 Å². The van der Waals surface area contributed by atoms with Crippen molar-refractivity contribution in [1.82, 2.24) is 19.5 Å². The third-order valence-corrected chi connectivity index (χ3v) is 13.9. The Kier molecular flexibility index (Phi) is 7.21. The minimum atomic E-state index is 0.538. The van der Waals surface area contributed by atoms with E-state index in [1.165, 1.54) is 47.1 Å². The van der Waals surface area contributed by atoms with Crippen LogP contribution in [0, 0.1) is 0 Å². The van der Waals surface area contributed by atoms with Gasteiger partial charge in [0, 0.05) is 52.8 Å². The molecule has 292 valence electrons.